The molecule has 2 aromatic rings. The zero-order valence-electron chi connectivity index (χ0n) is 15.3. The molecule has 6 heteroatoms. The molecule has 1 aliphatic heterocycles. The Bertz CT molecular complexity index is 797. The van der Waals surface area contributed by atoms with Crippen LogP contribution in [0.25, 0.3) is 0 Å². The van der Waals surface area contributed by atoms with E-state index in [4.69, 9.17) is 4.74 Å². The molecule has 0 radical (unpaired) electrons. The van der Waals surface area contributed by atoms with Crippen LogP contribution in [0.1, 0.15) is 23.7 Å². The molecule has 0 saturated carbocycles. The van der Waals surface area contributed by atoms with Gasteiger partial charge in [0.05, 0.1) is 5.56 Å². The number of hydrogen-bond donors (Lipinski definition) is 0. The molecule has 1 heterocycles. The quantitative estimate of drug-likeness (QED) is 0.831. The van der Waals surface area contributed by atoms with Crippen LogP contribution in [0.5, 0.6) is 5.75 Å². The van der Waals surface area contributed by atoms with Crippen molar-refractivity contribution in [1.29, 1.82) is 0 Å². The summed E-state index contributed by atoms with van der Waals surface area (Å²) in [4.78, 5) is 28.6. The van der Waals surface area contributed by atoms with Gasteiger partial charge in [-0.3, -0.25) is 9.59 Å². The van der Waals surface area contributed by atoms with Crippen LogP contribution in [0, 0.1) is 5.82 Å². The van der Waals surface area contributed by atoms with Gasteiger partial charge in [-0.1, -0.05) is 30.3 Å². The lowest BCUT2D eigenvalue weighted by Crippen LogP contribution is -2.43. The van der Waals surface area contributed by atoms with Gasteiger partial charge in [0.25, 0.3) is 11.8 Å². The second kappa shape index (κ2) is 8.66. The fourth-order valence-corrected chi connectivity index (χ4v) is 3.16. The number of benzene rings is 2. The van der Waals surface area contributed by atoms with E-state index in [9.17, 15) is 14.0 Å². The first kappa shape index (κ1) is 18.9. The van der Waals surface area contributed by atoms with Crippen molar-refractivity contribution in [2.75, 3.05) is 26.2 Å². The largest absolute Gasteiger partial charge is 0.481 e. The van der Waals surface area contributed by atoms with Gasteiger partial charge in [-0.25, -0.2) is 4.39 Å². The number of ether oxygens (including phenoxy) is 1. The van der Waals surface area contributed by atoms with Gasteiger partial charge in [0.15, 0.2) is 6.10 Å². The molecular weight excluding hydrogens is 347 g/mol. The van der Waals surface area contributed by atoms with E-state index in [1.165, 1.54) is 12.1 Å². The molecule has 0 aliphatic carbocycles. The Balaban J connectivity index is 1.60. The summed E-state index contributed by atoms with van der Waals surface area (Å²) in [6.45, 7) is 3.54. The number of nitrogens with zero attached hydrogens (tertiary/aromatic N) is 2. The minimum atomic E-state index is -0.610. The third-order valence-corrected chi connectivity index (χ3v) is 4.60. The molecular formula is C21H23FN2O3. The van der Waals surface area contributed by atoms with Gasteiger partial charge in [-0.2, -0.15) is 0 Å². The van der Waals surface area contributed by atoms with Gasteiger partial charge in [-0.15, -0.1) is 0 Å². The Kier molecular flexibility index (Phi) is 6.06. The summed E-state index contributed by atoms with van der Waals surface area (Å²) in [5.41, 5.74) is 0.0676. The van der Waals surface area contributed by atoms with Crippen LogP contribution in [-0.4, -0.2) is 53.9 Å². The predicted molar refractivity (Wildman–Crippen MR) is 100 cm³/mol. The lowest BCUT2D eigenvalue weighted by molar-refractivity contribution is -0.137. The van der Waals surface area contributed by atoms with Crippen molar-refractivity contribution in [2.24, 2.45) is 0 Å². The monoisotopic (exact) mass is 370 g/mol. The van der Waals surface area contributed by atoms with Crippen LogP contribution in [-0.2, 0) is 4.79 Å². The second-order valence-corrected chi connectivity index (χ2v) is 6.52. The van der Waals surface area contributed by atoms with E-state index >= 15 is 0 Å². The predicted octanol–water partition coefficient (Wildman–Crippen LogP) is 2.97. The van der Waals surface area contributed by atoms with Crippen molar-refractivity contribution in [3.8, 4) is 5.75 Å². The highest BCUT2D eigenvalue weighted by atomic mass is 19.1. The zero-order chi connectivity index (χ0) is 19.2. The average molecular weight is 370 g/mol. The molecule has 5 nitrogen and oxygen atoms in total. The molecule has 142 valence electrons. The Morgan fingerprint density at radius 3 is 2.30 bits per heavy atom. The first-order valence-electron chi connectivity index (χ1n) is 9.10. The van der Waals surface area contributed by atoms with Crippen molar-refractivity contribution in [3.05, 3.63) is 66.0 Å². The van der Waals surface area contributed by atoms with Gasteiger partial charge in [0.1, 0.15) is 11.6 Å². The standard InChI is InChI=1S/C21H23FN2O3/c1-16(27-17-8-3-2-4-9-17)20(25)23-12-7-13-24(15-14-23)21(26)18-10-5-6-11-19(18)22/h2-6,8-11,16H,7,12-15H2,1H3. The highest BCUT2D eigenvalue weighted by Crippen LogP contribution is 2.15. The molecule has 1 fully saturated rings. The van der Waals surface area contributed by atoms with Gasteiger partial charge in [0, 0.05) is 26.2 Å². The molecule has 1 atom stereocenters. The molecule has 1 aliphatic rings. The highest BCUT2D eigenvalue weighted by molar-refractivity contribution is 5.94. The van der Waals surface area contributed by atoms with Crippen LogP contribution in [0.3, 0.4) is 0 Å². The topological polar surface area (TPSA) is 49.9 Å². The Morgan fingerprint density at radius 1 is 0.926 bits per heavy atom. The molecule has 0 aromatic heterocycles. The van der Waals surface area contributed by atoms with Gasteiger partial charge in [0.2, 0.25) is 0 Å². The van der Waals surface area contributed by atoms with E-state index in [0.717, 1.165) is 0 Å². The highest BCUT2D eigenvalue weighted by Gasteiger charge is 2.27. The van der Waals surface area contributed by atoms with E-state index in [1.807, 2.05) is 18.2 Å². The maximum atomic E-state index is 13.9. The Hall–Kier alpha value is -2.89. The van der Waals surface area contributed by atoms with E-state index in [1.54, 1.807) is 41.0 Å². The summed E-state index contributed by atoms with van der Waals surface area (Å²) in [5.74, 6) is -0.330. The van der Waals surface area contributed by atoms with Crippen molar-refractivity contribution in [2.45, 2.75) is 19.4 Å². The maximum absolute atomic E-state index is 13.9. The molecule has 0 spiro atoms. The van der Waals surface area contributed by atoms with Crippen LogP contribution in [0.15, 0.2) is 54.6 Å². The SMILES string of the molecule is CC(Oc1ccccc1)C(=O)N1CCCN(C(=O)c2ccccc2F)CC1. The van der Waals surface area contributed by atoms with Crippen LogP contribution in [0.4, 0.5) is 4.39 Å². The summed E-state index contributed by atoms with van der Waals surface area (Å²) in [5, 5.41) is 0. The van der Waals surface area contributed by atoms with Crippen molar-refractivity contribution < 1.29 is 18.7 Å². The molecule has 0 N–H and O–H groups in total. The van der Waals surface area contributed by atoms with E-state index in [2.05, 4.69) is 0 Å². The molecule has 3 rings (SSSR count). The summed E-state index contributed by atoms with van der Waals surface area (Å²) < 4.78 is 19.6. The number of amides is 2. The zero-order valence-corrected chi connectivity index (χ0v) is 15.3. The van der Waals surface area contributed by atoms with Crippen molar-refractivity contribution >= 4 is 11.8 Å². The lowest BCUT2D eigenvalue weighted by atomic mass is 10.2. The normalized spacial score (nSPS) is 15.8. The third kappa shape index (κ3) is 4.64. The third-order valence-electron chi connectivity index (χ3n) is 4.60. The van der Waals surface area contributed by atoms with E-state index in [-0.39, 0.29) is 17.4 Å². The number of carbonyl (C=O) groups excluding carboxylic acids is 2. The van der Waals surface area contributed by atoms with Crippen molar-refractivity contribution in [3.63, 3.8) is 0 Å². The minimum absolute atomic E-state index is 0.0676. The first-order valence-corrected chi connectivity index (χ1v) is 9.10. The second-order valence-electron chi connectivity index (χ2n) is 6.52. The van der Waals surface area contributed by atoms with Gasteiger partial charge < -0.3 is 14.5 Å². The number of halogens is 1. The van der Waals surface area contributed by atoms with Crippen molar-refractivity contribution in [1.82, 2.24) is 9.80 Å². The van der Waals surface area contributed by atoms with E-state index in [0.29, 0.717) is 38.3 Å². The van der Waals surface area contributed by atoms with E-state index < -0.39 is 11.9 Å². The van der Waals surface area contributed by atoms with Crippen LogP contribution in [0.2, 0.25) is 0 Å². The fourth-order valence-electron chi connectivity index (χ4n) is 3.16. The first-order chi connectivity index (χ1) is 13.1. The summed E-state index contributed by atoms with van der Waals surface area (Å²) in [7, 11) is 0. The molecule has 2 aromatic carbocycles. The van der Waals surface area contributed by atoms with Gasteiger partial charge >= 0.3 is 0 Å². The number of para-hydroxylation sites is 1. The van der Waals surface area contributed by atoms with Crippen LogP contribution >= 0.6 is 0 Å². The Morgan fingerprint density at radius 2 is 1.56 bits per heavy atom. The smallest absolute Gasteiger partial charge is 0.263 e. The fraction of sp³-hybridized carbons (Fsp3) is 0.333. The minimum Gasteiger partial charge on any atom is -0.481 e. The molecule has 2 amide bonds. The lowest BCUT2D eigenvalue weighted by Gasteiger charge is -2.25. The molecule has 1 saturated heterocycles. The van der Waals surface area contributed by atoms with Crippen LogP contribution < -0.4 is 4.74 Å². The average Bonchev–Trinajstić information content (AvgIpc) is 2.94. The summed E-state index contributed by atoms with van der Waals surface area (Å²) >= 11 is 0. The maximum Gasteiger partial charge on any atom is 0.263 e. The summed E-state index contributed by atoms with van der Waals surface area (Å²) in [6, 6.07) is 15.2. The Labute approximate surface area is 158 Å². The number of carbonyl (C=O) groups is 2. The summed E-state index contributed by atoms with van der Waals surface area (Å²) in [6.07, 6.45) is 0.0329. The molecule has 27 heavy (non-hydrogen) atoms. The number of hydrogen-bond acceptors (Lipinski definition) is 3. The number of rotatable bonds is 4. The molecule has 1 unspecified atom stereocenters. The van der Waals surface area contributed by atoms with Gasteiger partial charge in [-0.05, 0) is 37.6 Å². The molecule has 0 bridgehead atoms.